The fourth-order valence-corrected chi connectivity index (χ4v) is 2.05. The lowest BCUT2D eigenvalue weighted by Gasteiger charge is -2.32. The molecule has 0 saturated heterocycles. The molecule has 0 radical (unpaired) electrons. The first kappa shape index (κ1) is 13.0. The molecule has 1 rings (SSSR count). The maximum Gasteiger partial charge on any atom is 0.238 e. The number of rotatable bonds is 4. The minimum Gasteiger partial charge on any atom is -0.332 e. The Hall–Kier alpha value is -1.02. The van der Waals surface area contributed by atoms with E-state index in [0.29, 0.717) is 0 Å². The van der Waals surface area contributed by atoms with Crippen molar-refractivity contribution in [1.29, 1.82) is 0 Å². The molecule has 88 valence electrons. The van der Waals surface area contributed by atoms with Crippen LogP contribution in [-0.4, -0.2) is 22.7 Å². The highest BCUT2D eigenvalue weighted by Crippen LogP contribution is 2.22. The Morgan fingerprint density at radius 2 is 1.81 bits per heavy atom. The smallest absolute Gasteiger partial charge is 0.238 e. The summed E-state index contributed by atoms with van der Waals surface area (Å²) in [6.07, 6.45) is 0. The SMILES string of the molecule is CC(C)N(C(=O)CCl)C(C)c1ccccc1. The first-order chi connectivity index (χ1) is 7.57. The third-order valence-corrected chi connectivity index (χ3v) is 2.89. The number of halogens is 1. The Kier molecular flexibility index (Phi) is 4.81. The van der Waals surface area contributed by atoms with Gasteiger partial charge in [0, 0.05) is 6.04 Å². The van der Waals surface area contributed by atoms with Gasteiger partial charge in [0.05, 0.1) is 6.04 Å². The summed E-state index contributed by atoms with van der Waals surface area (Å²) in [7, 11) is 0. The van der Waals surface area contributed by atoms with Crippen LogP contribution in [0.2, 0.25) is 0 Å². The van der Waals surface area contributed by atoms with E-state index in [9.17, 15) is 4.79 Å². The number of alkyl halides is 1. The number of nitrogens with zero attached hydrogens (tertiary/aromatic N) is 1. The molecule has 0 N–H and O–H groups in total. The predicted molar refractivity (Wildman–Crippen MR) is 67.6 cm³/mol. The summed E-state index contributed by atoms with van der Waals surface area (Å²) in [5.41, 5.74) is 1.13. The summed E-state index contributed by atoms with van der Waals surface area (Å²) in [5.74, 6) is 0.0167. The average Bonchev–Trinajstić information content (AvgIpc) is 2.29. The zero-order valence-electron chi connectivity index (χ0n) is 9.98. The van der Waals surface area contributed by atoms with Crippen LogP contribution in [0.4, 0.5) is 0 Å². The van der Waals surface area contributed by atoms with Crippen molar-refractivity contribution in [3.63, 3.8) is 0 Å². The lowest BCUT2D eigenvalue weighted by Crippen LogP contribution is -2.39. The Morgan fingerprint density at radius 1 is 1.25 bits per heavy atom. The summed E-state index contributed by atoms with van der Waals surface area (Å²) < 4.78 is 0. The van der Waals surface area contributed by atoms with Gasteiger partial charge >= 0.3 is 0 Å². The normalized spacial score (nSPS) is 12.6. The van der Waals surface area contributed by atoms with Gasteiger partial charge in [-0.05, 0) is 26.3 Å². The summed E-state index contributed by atoms with van der Waals surface area (Å²) in [5, 5.41) is 0. The monoisotopic (exact) mass is 239 g/mol. The number of carbonyl (C=O) groups is 1. The fourth-order valence-electron chi connectivity index (χ4n) is 1.91. The number of hydrogen-bond donors (Lipinski definition) is 0. The Morgan fingerprint density at radius 3 is 2.25 bits per heavy atom. The molecule has 0 bridgehead atoms. The lowest BCUT2D eigenvalue weighted by atomic mass is 10.1. The molecular weight excluding hydrogens is 222 g/mol. The molecule has 0 aromatic heterocycles. The van der Waals surface area contributed by atoms with Gasteiger partial charge in [0.15, 0.2) is 0 Å². The van der Waals surface area contributed by atoms with E-state index in [1.165, 1.54) is 0 Å². The molecule has 0 spiro atoms. The third-order valence-electron chi connectivity index (χ3n) is 2.66. The maximum atomic E-state index is 11.8. The zero-order chi connectivity index (χ0) is 12.1. The molecule has 2 nitrogen and oxygen atoms in total. The van der Waals surface area contributed by atoms with Gasteiger partial charge in [-0.15, -0.1) is 11.6 Å². The van der Waals surface area contributed by atoms with Crippen LogP contribution in [-0.2, 0) is 4.79 Å². The van der Waals surface area contributed by atoms with Crippen LogP contribution in [0.1, 0.15) is 32.4 Å². The Balaban J connectivity index is 2.92. The molecule has 1 aromatic carbocycles. The molecule has 0 aliphatic carbocycles. The third kappa shape index (κ3) is 2.99. The van der Waals surface area contributed by atoms with Crippen molar-refractivity contribution < 1.29 is 4.79 Å². The number of carbonyl (C=O) groups excluding carboxylic acids is 1. The lowest BCUT2D eigenvalue weighted by molar-refractivity contribution is -0.132. The van der Waals surface area contributed by atoms with E-state index in [-0.39, 0.29) is 23.9 Å². The van der Waals surface area contributed by atoms with Crippen molar-refractivity contribution in [2.45, 2.75) is 32.9 Å². The van der Waals surface area contributed by atoms with E-state index in [4.69, 9.17) is 11.6 Å². The first-order valence-corrected chi connectivity index (χ1v) is 6.03. The number of benzene rings is 1. The van der Waals surface area contributed by atoms with E-state index in [1.54, 1.807) is 0 Å². The van der Waals surface area contributed by atoms with E-state index in [1.807, 2.05) is 56.0 Å². The second-order valence-corrected chi connectivity index (χ2v) is 4.38. The van der Waals surface area contributed by atoms with Crippen LogP contribution in [0.3, 0.4) is 0 Å². The van der Waals surface area contributed by atoms with E-state index >= 15 is 0 Å². The second kappa shape index (κ2) is 5.90. The molecule has 1 unspecified atom stereocenters. The molecule has 1 atom stereocenters. The van der Waals surface area contributed by atoms with Gasteiger partial charge in [0.2, 0.25) is 5.91 Å². The highest BCUT2D eigenvalue weighted by atomic mass is 35.5. The molecular formula is C13H18ClNO. The Labute approximate surface area is 102 Å². The molecule has 0 heterocycles. The Bertz CT molecular complexity index is 337. The minimum absolute atomic E-state index is 0.0204. The zero-order valence-corrected chi connectivity index (χ0v) is 10.7. The summed E-state index contributed by atoms with van der Waals surface area (Å²) in [4.78, 5) is 13.6. The second-order valence-electron chi connectivity index (χ2n) is 4.12. The number of amides is 1. The maximum absolute atomic E-state index is 11.8. The molecule has 1 aromatic rings. The minimum atomic E-state index is -0.0204. The van der Waals surface area contributed by atoms with Crippen LogP contribution in [0.5, 0.6) is 0 Å². The van der Waals surface area contributed by atoms with Crippen molar-refractivity contribution in [2.24, 2.45) is 0 Å². The van der Waals surface area contributed by atoms with Gasteiger partial charge in [-0.3, -0.25) is 4.79 Å². The molecule has 0 saturated carbocycles. The predicted octanol–water partition coefficient (Wildman–Crippen LogP) is 3.22. The fraction of sp³-hybridized carbons (Fsp3) is 0.462. The average molecular weight is 240 g/mol. The van der Waals surface area contributed by atoms with Crippen molar-refractivity contribution >= 4 is 17.5 Å². The molecule has 3 heteroatoms. The number of hydrogen-bond acceptors (Lipinski definition) is 1. The highest BCUT2D eigenvalue weighted by molar-refractivity contribution is 6.27. The van der Waals surface area contributed by atoms with Gasteiger partial charge in [0.1, 0.15) is 5.88 Å². The van der Waals surface area contributed by atoms with Crippen molar-refractivity contribution in [3.8, 4) is 0 Å². The van der Waals surface area contributed by atoms with Gasteiger partial charge < -0.3 is 4.90 Å². The summed E-state index contributed by atoms with van der Waals surface area (Å²) in [6, 6.07) is 10.2. The van der Waals surface area contributed by atoms with E-state index in [0.717, 1.165) is 5.56 Å². The van der Waals surface area contributed by atoms with Gasteiger partial charge in [-0.25, -0.2) is 0 Å². The van der Waals surface area contributed by atoms with Gasteiger partial charge in [-0.2, -0.15) is 0 Å². The van der Waals surface area contributed by atoms with Gasteiger partial charge in [0.25, 0.3) is 0 Å². The molecule has 0 aliphatic rings. The topological polar surface area (TPSA) is 20.3 Å². The van der Waals surface area contributed by atoms with Crippen molar-refractivity contribution in [2.75, 3.05) is 5.88 Å². The molecule has 1 amide bonds. The largest absolute Gasteiger partial charge is 0.332 e. The molecule has 16 heavy (non-hydrogen) atoms. The quantitative estimate of drug-likeness (QED) is 0.739. The highest BCUT2D eigenvalue weighted by Gasteiger charge is 2.22. The van der Waals surface area contributed by atoms with Crippen LogP contribution in [0.15, 0.2) is 30.3 Å². The van der Waals surface area contributed by atoms with Crippen LogP contribution in [0.25, 0.3) is 0 Å². The van der Waals surface area contributed by atoms with E-state index < -0.39 is 0 Å². The molecule has 0 fully saturated rings. The van der Waals surface area contributed by atoms with Crippen molar-refractivity contribution in [3.05, 3.63) is 35.9 Å². The summed E-state index contributed by atoms with van der Waals surface area (Å²) >= 11 is 5.63. The standard InChI is InChI=1S/C13H18ClNO/c1-10(2)15(13(16)9-14)11(3)12-7-5-4-6-8-12/h4-8,10-11H,9H2,1-3H3. The van der Waals surface area contributed by atoms with E-state index in [2.05, 4.69) is 0 Å². The van der Waals surface area contributed by atoms with Crippen LogP contribution in [0, 0.1) is 0 Å². The van der Waals surface area contributed by atoms with Crippen LogP contribution < -0.4 is 0 Å². The first-order valence-electron chi connectivity index (χ1n) is 5.50. The van der Waals surface area contributed by atoms with Gasteiger partial charge in [-0.1, -0.05) is 30.3 Å². The molecule has 0 aliphatic heterocycles. The van der Waals surface area contributed by atoms with Crippen molar-refractivity contribution in [1.82, 2.24) is 4.90 Å². The van der Waals surface area contributed by atoms with Crippen LogP contribution >= 0.6 is 11.6 Å². The summed E-state index contributed by atoms with van der Waals surface area (Å²) in [6.45, 7) is 6.04.